The molecule has 0 aliphatic heterocycles. The van der Waals surface area contributed by atoms with Crippen molar-refractivity contribution in [2.75, 3.05) is 0 Å². The van der Waals surface area contributed by atoms with Gasteiger partial charge in [0.05, 0.1) is 0 Å². The predicted molar refractivity (Wildman–Crippen MR) is 49.5 cm³/mol. The zero-order chi connectivity index (χ0) is 10.9. The highest BCUT2D eigenvalue weighted by Crippen LogP contribution is 2.13. The monoisotopic (exact) mass is 200 g/mol. The summed E-state index contributed by atoms with van der Waals surface area (Å²) < 4.78 is 5.17. The molecule has 0 spiro atoms. The Hall–Kier alpha value is -1.59. The third kappa shape index (κ3) is 1.68. The maximum absolute atomic E-state index is 11.3. The van der Waals surface area contributed by atoms with Gasteiger partial charge in [0, 0.05) is 5.54 Å². The van der Waals surface area contributed by atoms with Gasteiger partial charge < -0.3 is 4.42 Å². The zero-order valence-electron chi connectivity index (χ0n) is 8.29. The van der Waals surface area contributed by atoms with Gasteiger partial charge in [-0.3, -0.25) is 0 Å². The summed E-state index contributed by atoms with van der Waals surface area (Å²) >= 11 is 0. The maximum Gasteiger partial charge on any atom is 0.427 e. The largest absolute Gasteiger partial charge is 0.427 e. The van der Waals surface area contributed by atoms with E-state index in [4.69, 9.17) is 0 Å². The van der Waals surface area contributed by atoms with Crippen LogP contribution in [-0.2, 0) is 5.54 Å². The number of nitrogens with one attached hydrogen (secondary N) is 1. The summed E-state index contributed by atoms with van der Waals surface area (Å²) in [5, 5.41) is 0. The first-order valence-electron chi connectivity index (χ1n) is 4.25. The van der Waals surface area contributed by atoms with Crippen molar-refractivity contribution in [2.45, 2.75) is 32.7 Å². The summed E-state index contributed by atoms with van der Waals surface area (Å²) in [5.74, 6) is -1.95. The Bertz CT molecular complexity index is 457. The summed E-state index contributed by atoms with van der Waals surface area (Å²) in [7, 11) is 0. The van der Waals surface area contributed by atoms with Gasteiger partial charge in [0.25, 0.3) is 0 Å². The lowest BCUT2D eigenvalue weighted by atomic mass is 10.0. The fourth-order valence-corrected chi connectivity index (χ4v) is 1.06. The molecular formula is C8H12N2O4. The highest BCUT2D eigenvalue weighted by atomic mass is 16.5. The molecule has 6 heteroatoms. The van der Waals surface area contributed by atoms with Crippen LogP contribution in [-0.4, -0.2) is 9.55 Å². The molecule has 0 atom stereocenters. The lowest BCUT2D eigenvalue weighted by Crippen LogP contribution is -2.48. The van der Waals surface area contributed by atoms with Crippen LogP contribution >= 0.6 is 0 Å². The fraction of sp³-hybridized carbons (Fsp3) is 0.625. The van der Waals surface area contributed by atoms with Crippen LogP contribution in [0.4, 0.5) is 0 Å². The van der Waals surface area contributed by atoms with E-state index in [-0.39, 0.29) is 0 Å². The summed E-state index contributed by atoms with van der Waals surface area (Å²) in [5.41, 5.74) is -1.40. The Balaban J connectivity index is 3.60. The van der Waals surface area contributed by atoms with Crippen molar-refractivity contribution < 1.29 is 4.42 Å². The topological polar surface area (TPSA) is 85.1 Å². The van der Waals surface area contributed by atoms with E-state index in [1.54, 1.807) is 13.8 Å². The minimum Gasteiger partial charge on any atom is -0.359 e. The van der Waals surface area contributed by atoms with Crippen molar-refractivity contribution in [1.82, 2.24) is 9.55 Å². The molecule has 14 heavy (non-hydrogen) atoms. The van der Waals surface area contributed by atoms with Crippen LogP contribution in [0.3, 0.4) is 0 Å². The molecule has 0 bridgehead atoms. The molecule has 1 aromatic rings. The average Bonchev–Trinajstić information content (AvgIpc) is 2.01. The Morgan fingerprint density at radius 3 is 2.36 bits per heavy atom. The first kappa shape index (κ1) is 10.5. The summed E-state index contributed by atoms with van der Waals surface area (Å²) in [6.07, 6.45) is 0.573. The van der Waals surface area contributed by atoms with Crippen LogP contribution in [0.25, 0.3) is 0 Å². The predicted octanol–water partition coefficient (Wildman–Crippen LogP) is -0.365. The summed E-state index contributed by atoms with van der Waals surface area (Å²) in [6, 6.07) is 0. The van der Waals surface area contributed by atoms with Gasteiger partial charge in [-0.05, 0) is 20.3 Å². The van der Waals surface area contributed by atoms with E-state index in [1.807, 2.05) is 11.9 Å². The molecule has 1 heterocycles. The third-order valence-electron chi connectivity index (χ3n) is 2.25. The van der Waals surface area contributed by atoms with Crippen molar-refractivity contribution in [1.29, 1.82) is 0 Å². The lowest BCUT2D eigenvalue weighted by Gasteiger charge is -2.22. The molecule has 0 radical (unpaired) electrons. The smallest absolute Gasteiger partial charge is 0.359 e. The Kier molecular flexibility index (Phi) is 2.46. The van der Waals surface area contributed by atoms with Crippen molar-refractivity contribution in [3.8, 4) is 0 Å². The van der Waals surface area contributed by atoms with Gasteiger partial charge in [0.15, 0.2) is 0 Å². The van der Waals surface area contributed by atoms with E-state index in [0.717, 1.165) is 4.57 Å². The number of hydrogen-bond acceptors (Lipinski definition) is 4. The van der Waals surface area contributed by atoms with Gasteiger partial charge >= 0.3 is 17.2 Å². The molecule has 0 aromatic carbocycles. The molecule has 0 unspecified atom stereocenters. The SMILES string of the molecule is CCC(C)(C)n1c(=O)[nH]c(=O)oc1=O. The van der Waals surface area contributed by atoms with E-state index in [1.165, 1.54) is 0 Å². The Morgan fingerprint density at radius 2 is 1.93 bits per heavy atom. The second-order valence-corrected chi connectivity index (χ2v) is 3.59. The molecule has 0 saturated heterocycles. The van der Waals surface area contributed by atoms with Crippen molar-refractivity contribution in [3.05, 3.63) is 31.6 Å². The van der Waals surface area contributed by atoms with Gasteiger partial charge in [-0.15, -0.1) is 0 Å². The molecule has 78 valence electrons. The third-order valence-corrected chi connectivity index (χ3v) is 2.25. The summed E-state index contributed by atoms with van der Waals surface area (Å²) in [4.78, 5) is 35.1. The highest BCUT2D eigenvalue weighted by Gasteiger charge is 2.23. The minimum atomic E-state index is -1.02. The summed E-state index contributed by atoms with van der Waals surface area (Å²) in [6.45, 7) is 5.25. The molecule has 1 N–H and O–H groups in total. The van der Waals surface area contributed by atoms with Gasteiger partial charge in [-0.1, -0.05) is 6.92 Å². The van der Waals surface area contributed by atoms with Gasteiger partial charge in [0.2, 0.25) is 0 Å². The quantitative estimate of drug-likeness (QED) is 0.706. The number of nitrogens with zero attached hydrogens (tertiary/aromatic N) is 1. The number of hydrogen-bond donors (Lipinski definition) is 1. The minimum absolute atomic E-state index is 0.573. The fourth-order valence-electron chi connectivity index (χ4n) is 1.06. The number of H-pyrrole nitrogens is 1. The molecule has 0 aliphatic carbocycles. The van der Waals surface area contributed by atoms with E-state index in [0.29, 0.717) is 6.42 Å². The van der Waals surface area contributed by atoms with Gasteiger partial charge in [-0.25, -0.2) is 23.9 Å². The van der Waals surface area contributed by atoms with E-state index >= 15 is 0 Å². The van der Waals surface area contributed by atoms with E-state index in [2.05, 4.69) is 4.42 Å². The van der Waals surface area contributed by atoms with Crippen LogP contribution in [0.2, 0.25) is 0 Å². The van der Waals surface area contributed by atoms with E-state index in [9.17, 15) is 14.4 Å². The molecule has 0 fully saturated rings. The molecule has 1 rings (SSSR count). The first-order chi connectivity index (χ1) is 6.38. The van der Waals surface area contributed by atoms with E-state index < -0.39 is 22.7 Å². The van der Waals surface area contributed by atoms with Gasteiger partial charge in [0.1, 0.15) is 0 Å². The van der Waals surface area contributed by atoms with Gasteiger partial charge in [-0.2, -0.15) is 0 Å². The van der Waals surface area contributed by atoms with Crippen LogP contribution in [0.5, 0.6) is 0 Å². The zero-order valence-corrected chi connectivity index (χ0v) is 8.29. The van der Waals surface area contributed by atoms with Crippen LogP contribution in [0.15, 0.2) is 18.8 Å². The molecule has 6 nitrogen and oxygen atoms in total. The molecule has 0 amide bonds. The van der Waals surface area contributed by atoms with Crippen molar-refractivity contribution >= 4 is 0 Å². The highest BCUT2D eigenvalue weighted by molar-refractivity contribution is 4.79. The molecule has 1 aromatic heterocycles. The molecular weight excluding hydrogens is 188 g/mol. The standard InChI is InChI=1S/C8H12N2O4/c1-4-8(2,3)10-5(11)9-6(12)14-7(10)13/h4H2,1-3H3,(H,9,11,12). The van der Waals surface area contributed by atoms with Crippen molar-refractivity contribution in [3.63, 3.8) is 0 Å². The second kappa shape index (κ2) is 3.28. The Morgan fingerprint density at radius 1 is 1.36 bits per heavy atom. The normalized spacial score (nSPS) is 11.6. The molecule has 0 saturated carbocycles. The average molecular weight is 200 g/mol. The van der Waals surface area contributed by atoms with Crippen LogP contribution in [0.1, 0.15) is 27.2 Å². The lowest BCUT2D eigenvalue weighted by molar-refractivity contribution is 0.254. The van der Waals surface area contributed by atoms with Crippen LogP contribution in [0, 0.1) is 0 Å². The maximum atomic E-state index is 11.3. The second-order valence-electron chi connectivity index (χ2n) is 3.59. The Labute approximate surface area is 79.2 Å². The number of aromatic amines is 1. The van der Waals surface area contributed by atoms with Crippen molar-refractivity contribution in [2.24, 2.45) is 0 Å². The number of rotatable bonds is 2. The molecule has 0 aliphatic rings. The van der Waals surface area contributed by atoms with Crippen LogP contribution < -0.4 is 17.2 Å². The number of aromatic nitrogens is 2. The first-order valence-corrected chi connectivity index (χ1v) is 4.25.